The molecule has 3 rings (SSSR count). The number of aromatic amines is 1. The van der Waals surface area contributed by atoms with Gasteiger partial charge in [0.25, 0.3) is 5.56 Å². The van der Waals surface area contributed by atoms with Crippen LogP contribution in [0.3, 0.4) is 0 Å². The van der Waals surface area contributed by atoms with Crippen LogP contribution >= 0.6 is 0 Å². The molecule has 0 atom stereocenters. The van der Waals surface area contributed by atoms with Crippen LogP contribution in [0.5, 0.6) is 0 Å². The number of amides is 2. The first-order valence-corrected chi connectivity index (χ1v) is 8.37. The Morgan fingerprint density at radius 3 is 2.62 bits per heavy atom. The minimum Gasteiger partial charge on any atom is -0.338 e. The number of carbonyl (C=O) groups excluding carboxylic acids is 1. The van der Waals surface area contributed by atoms with Gasteiger partial charge in [0, 0.05) is 23.9 Å². The molecule has 26 heavy (non-hydrogen) atoms. The van der Waals surface area contributed by atoms with Crippen molar-refractivity contribution in [3.05, 3.63) is 82.1 Å². The molecule has 0 unspecified atom stereocenters. The number of benzene rings is 2. The summed E-state index contributed by atoms with van der Waals surface area (Å²) < 4.78 is 0. The van der Waals surface area contributed by atoms with E-state index in [1.54, 1.807) is 18.2 Å². The van der Waals surface area contributed by atoms with E-state index in [2.05, 4.69) is 45.1 Å². The van der Waals surface area contributed by atoms with Crippen LogP contribution in [0, 0.1) is 6.92 Å². The summed E-state index contributed by atoms with van der Waals surface area (Å²) in [5.74, 6) is 0. The number of anilines is 1. The van der Waals surface area contributed by atoms with Crippen LogP contribution in [-0.2, 0) is 6.42 Å². The minimum atomic E-state index is -0.260. The van der Waals surface area contributed by atoms with Crippen molar-refractivity contribution in [2.24, 2.45) is 0 Å². The number of aryl methyl sites for hydroxylation is 1. The molecule has 0 aliphatic heterocycles. The Labute approximate surface area is 151 Å². The molecule has 0 radical (unpaired) electrons. The summed E-state index contributed by atoms with van der Waals surface area (Å²) in [7, 11) is 0. The zero-order valence-corrected chi connectivity index (χ0v) is 14.5. The number of nitrogens with one attached hydrogen (secondary N) is 3. The second-order valence-corrected chi connectivity index (χ2v) is 6.00. The molecule has 0 aliphatic carbocycles. The number of rotatable bonds is 5. The lowest BCUT2D eigenvalue weighted by atomic mass is 10.1. The molecule has 0 bridgehead atoms. The van der Waals surface area contributed by atoms with Gasteiger partial charge in [0.1, 0.15) is 0 Å². The second-order valence-electron chi connectivity index (χ2n) is 6.00. The molecule has 3 aromatic rings. The maximum absolute atomic E-state index is 12.1. The average Bonchev–Trinajstić information content (AvgIpc) is 2.64. The fourth-order valence-electron chi connectivity index (χ4n) is 2.51. The van der Waals surface area contributed by atoms with E-state index in [0.29, 0.717) is 17.9 Å². The van der Waals surface area contributed by atoms with Crippen LogP contribution in [0.15, 0.2) is 65.5 Å². The van der Waals surface area contributed by atoms with Gasteiger partial charge in [-0.15, -0.1) is 0 Å². The van der Waals surface area contributed by atoms with Crippen molar-refractivity contribution in [1.82, 2.24) is 15.5 Å². The van der Waals surface area contributed by atoms with Gasteiger partial charge in [0.2, 0.25) is 0 Å². The molecule has 1 aromatic heterocycles. The molecule has 0 saturated carbocycles. The van der Waals surface area contributed by atoms with E-state index in [-0.39, 0.29) is 11.6 Å². The predicted octanol–water partition coefficient (Wildman–Crippen LogP) is 3.11. The van der Waals surface area contributed by atoms with Gasteiger partial charge in [0.05, 0.1) is 5.69 Å². The number of nitrogens with zero attached hydrogens (tertiary/aromatic N) is 1. The third-order valence-electron chi connectivity index (χ3n) is 3.92. The van der Waals surface area contributed by atoms with E-state index in [1.165, 1.54) is 17.2 Å². The lowest BCUT2D eigenvalue weighted by Gasteiger charge is -2.09. The van der Waals surface area contributed by atoms with Crippen LogP contribution in [0.4, 0.5) is 10.5 Å². The number of urea groups is 1. The summed E-state index contributed by atoms with van der Waals surface area (Å²) in [6.45, 7) is 2.60. The summed E-state index contributed by atoms with van der Waals surface area (Å²) in [6.07, 6.45) is 0.773. The first kappa shape index (κ1) is 17.4. The van der Waals surface area contributed by atoms with Crippen molar-refractivity contribution in [2.75, 3.05) is 11.9 Å². The predicted molar refractivity (Wildman–Crippen MR) is 102 cm³/mol. The van der Waals surface area contributed by atoms with Gasteiger partial charge in [-0.3, -0.25) is 4.79 Å². The molecule has 0 spiro atoms. The monoisotopic (exact) mass is 348 g/mol. The van der Waals surface area contributed by atoms with E-state index < -0.39 is 0 Å². The fourth-order valence-corrected chi connectivity index (χ4v) is 2.51. The zero-order chi connectivity index (χ0) is 18.4. The molecule has 132 valence electrons. The normalized spacial score (nSPS) is 10.3. The molecular formula is C20H20N4O2. The number of hydrogen-bond acceptors (Lipinski definition) is 3. The number of carbonyl (C=O) groups is 1. The van der Waals surface area contributed by atoms with Crippen LogP contribution in [0.2, 0.25) is 0 Å². The van der Waals surface area contributed by atoms with E-state index in [9.17, 15) is 9.59 Å². The lowest BCUT2D eigenvalue weighted by molar-refractivity contribution is 0.252. The molecular weight excluding hydrogens is 328 g/mol. The summed E-state index contributed by atoms with van der Waals surface area (Å²) >= 11 is 0. The fraction of sp³-hybridized carbons (Fsp3) is 0.150. The van der Waals surface area contributed by atoms with Gasteiger partial charge in [-0.05, 0) is 37.1 Å². The Kier molecular flexibility index (Phi) is 5.43. The van der Waals surface area contributed by atoms with Crippen molar-refractivity contribution in [1.29, 1.82) is 0 Å². The number of aromatic nitrogens is 2. The molecule has 6 nitrogen and oxygen atoms in total. The van der Waals surface area contributed by atoms with Gasteiger partial charge < -0.3 is 10.6 Å². The average molecular weight is 348 g/mol. The van der Waals surface area contributed by atoms with Crippen molar-refractivity contribution in [3.8, 4) is 11.3 Å². The Balaban J connectivity index is 1.55. The van der Waals surface area contributed by atoms with Crippen LogP contribution in [0.25, 0.3) is 11.3 Å². The van der Waals surface area contributed by atoms with Crippen molar-refractivity contribution >= 4 is 11.7 Å². The standard InChI is InChI=1S/C20H20N4O2/c1-14-5-7-15(8-6-14)11-12-21-20(26)22-17-4-2-3-16(13-17)18-9-10-19(25)24-23-18/h2-10,13H,11-12H2,1H3,(H,24,25)(H2,21,22,26). The van der Waals surface area contributed by atoms with E-state index in [1.807, 2.05) is 19.1 Å². The van der Waals surface area contributed by atoms with Crippen molar-refractivity contribution in [2.45, 2.75) is 13.3 Å². The summed E-state index contributed by atoms with van der Waals surface area (Å²) in [4.78, 5) is 23.2. The van der Waals surface area contributed by atoms with Crippen LogP contribution in [0.1, 0.15) is 11.1 Å². The number of hydrogen-bond donors (Lipinski definition) is 3. The molecule has 0 fully saturated rings. The second kappa shape index (κ2) is 8.11. The van der Waals surface area contributed by atoms with Crippen molar-refractivity contribution < 1.29 is 4.79 Å². The number of H-pyrrole nitrogens is 1. The third kappa shape index (κ3) is 4.80. The molecule has 3 N–H and O–H groups in total. The Bertz CT molecular complexity index is 928. The largest absolute Gasteiger partial charge is 0.338 e. The smallest absolute Gasteiger partial charge is 0.319 e. The van der Waals surface area contributed by atoms with Gasteiger partial charge in [-0.1, -0.05) is 42.0 Å². The molecule has 2 amide bonds. The highest BCUT2D eigenvalue weighted by Gasteiger charge is 2.04. The highest BCUT2D eigenvalue weighted by atomic mass is 16.2. The van der Waals surface area contributed by atoms with E-state index in [0.717, 1.165) is 12.0 Å². The zero-order valence-electron chi connectivity index (χ0n) is 14.5. The molecule has 2 aromatic carbocycles. The van der Waals surface area contributed by atoms with E-state index in [4.69, 9.17) is 0 Å². The summed E-state index contributed by atoms with van der Waals surface area (Å²) in [5.41, 5.74) is 4.24. The first-order valence-electron chi connectivity index (χ1n) is 8.37. The minimum absolute atomic E-state index is 0.254. The lowest BCUT2D eigenvalue weighted by Crippen LogP contribution is -2.30. The van der Waals surface area contributed by atoms with Crippen molar-refractivity contribution in [3.63, 3.8) is 0 Å². The Morgan fingerprint density at radius 2 is 1.88 bits per heavy atom. The Morgan fingerprint density at radius 1 is 1.08 bits per heavy atom. The summed E-state index contributed by atoms with van der Waals surface area (Å²) in [5, 5.41) is 12.0. The van der Waals surface area contributed by atoms with Crippen LogP contribution < -0.4 is 16.2 Å². The molecule has 1 heterocycles. The van der Waals surface area contributed by atoms with Gasteiger partial charge in [-0.2, -0.15) is 5.10 Å². The van der Waals surface area contributed by atoms with Gasteiger partial charge >= 0.3 is 6.03 Å². The summed E-state index contributed by atoms with van der Waals surface area (Å²) in [6, 6.07) is 18.3. The maximum atomic E-state index is 12.1. The highest BCUT2D eigenvalue weighted by Crippen LogP contribution is 2.19. The van der Waals surface area contributed by atoms with E-state index >= 15 is 0 Å². The first-order chi connectivity index (χ1) is 12.6. The highest BCUT2D eigenvalue weighted by molar-refractivity contribution is 5.90. The third-order valence-corrected chi connectivity index (χ3v) is 3.92. The maximum Gasteiger partial charge on any atom is 0.319 e. The topological polar surface area (TPSA) is 86.9 Å². The Hall–Kier alpha value is -3.41. The molecule has 0 saturated heterocycles. The van der Waals surface area contributed by atoms with Gasteiger partial charge in [-0.25, -0.2) is 9.89 Å². The SMILES string of the molecule is Cc1ccc(CCNC(=O)Nc2cccc(-c3ccc(=O)[nH]n3)c2)cc1. The quantitative estimate of drug-likeness (QED) is 0.662. The van der Waals surface area contributed by atoms with Crippen LogP contribution in [-0.4, -0.2) is 22.8 Å². The molecule has 6 heteroatoms. The molecule has 0 aliphatic rings. The van der Waals surface area contributed by atoms with Gasteiger partial charge in [0.15, 0.2) is 0 Å².